The lowest BCUT2D eigenvalue weighted by Crippen LogP contribution is -2.17. The number of halogens is 1. The van der Waals surface area contributed by atoms with Gasteiger partial charge in [0.25, 0.3) is 0 Å². The van der Waals surface area contributed by atoms with Crippen LogP contribution in [0.25, 0.3) is 0 Å². The smallest absolute Gasteiger partial charge is 0.238 e. The van der Waals surface area contributed by atoms with Crippen LogP contribution in [0.5, 0.6) is 0 Å². The van der Waals surface area contributed by atoms with Gasteiger partial charge in [-0.15, -0.1) is 0 Å². The molecular formula is C14H14FN3O2S. The Kier molecular flexibility index (Phi) is 3.11. The van der Waals surface area contributed by atoms with Gasteiger partial charge < -0.3 is 10.6 Å². The van der Waals surface area contributed by atoms with Gasteiger partial charge in [0.1, 0.15) is 5.82 Å². The Morgan fingerprint density at radius 3 is 2.62 bits per heavy atom. The summed E-state index contributed by atoms with van der Waals surface area (Å²) >= 11 is 0. The van der Waals surface area contributed by atoms with Crippen LogP contribution in [-0.2, 0) is 16.4 Å². The molecule has 21 heavy (non-hydrogen) atoms. The van der Waals surface area contributed by atoms with Crippen LogP contribution in [0.1, 0.15) is 5.56 Å². The molecule has 4 N–H and O–H groups in total. The first kappa shape index (κ1) is 13.8. The van der Waals surface area contributed by atoms with Crippen LogP contribution in [0.4, 0.5) is 21.5 Å². The van der Waals surface area contributed by atoms with Gasteiger partial charge in [-0.05, 0) is 42.3 Å². The summed E-state index contributed by atoms with van der Waals surface area (Å²) in [4.78, 5) is 1.78. The normalized spacial score (nSPS) is 14.3. The highest BCUT2D eigenvalue weighted by Gasteiger charge is 2.22. The fraction of sp³-hybridized carbons (Fsp3) is 0.143. The number of anilines is 3. The van der Waals surface area contributed by atoms with Crippen LogP contribution < -0.4 is 15.8 Å². The average molecular weight is 307 g/mol. The van der Waals surface area contributed by atoms with Crippen LogP contribution in [0.2, 0.25) is 0 Å². The molecule has 0 bridgehead atoms. The molecule has 7 heteroatoms. The number of benzene rings is 2. The van der Waals surface area contributed by atoms with Gasteiger partial charge in [-0.3, -0.25) is 0 Å². The van der Waals surface area contributed by atoms with E-state index in [1.807, 2.05) is 4.90 Å². The third-order valence-corrected chi connectivity index (χ3v) is 4.39. The van der Waals surface area contributed by atoms with Gasteiger partial charge in [0.05, 0.1) is 4.90 Å². The molecule has 3 rings (SSSR count). The fourth-order valence-electron chi connectivity index (χ4n) is 2.55. The largest absolute Gasteiger partial charge is 0.399 e. The van der Waals surface area contributed by atoms with Crippen molar-refractivity contribution in [1.82, 2.24) is 0 Å². The zero-order chi connectivity index (χ0) is 15.2. The van der Waals surface area contributed by atoms with Crippen LogP contribution in [0, 0.1) is 5.82 Å². The molecule has 0 saturated heterocycles. The van der Waals surface area contributed by atoms with Gasteiger partial charge in [0, 0.05) is 23.6 Å². The second-order valence-electron chi connectivity index (χ2n) is 4.98. The molecular weight excluding hydrogens is 293 g/mol. The quantitative estimate of drug-likeness (QED) is 0.827. The fourth-order valence-corrected chi connectivity index (χ4v) is 3.13. The highest BCUT2D eigenvalue weighted by molar-refractivity contribution is 7.89. The molecule has 0 unspecified atom stereocenters. The van der Waals surface area contributed by atoms with E-state index in [4.69, 9.17) is 10.9 Å². The van der Waals surface area contributed by atoms with Crippen LogP contribution >= 0.6 is 0 Å². The van der Waals surface area contributed by atoms with Gasteiger partial charge >= 0.3 is 0 Å². The molecule has 0 fully saturated rings. The lowest BCUT2D eigenvalue weighted by atomic mass is 10.1. The lowest BCUT2D eigenvalue weighted by molar-refractivity contribution is 0.598. The van der Waals surface area contributed by atoms with Crippen molar-refractivity contribution < 1.29 is 12.8 Å². The highest BCUT2D eigenvalue weighted by atomic mass is 32.2. The van der Waals surface area contributed by atoms with E-state index < -0.39 is 10.0 Å². The van der Waals surface area contributed by atoms with Gasteiger partial charge in [-0.1, -0.05) is 6.07 Å². The predicted octanol–water partition coefficient (Wildman–Crippen LogP) is 1.75. The number of rotatable bonds is 2. The zero-order valence-electron chi connectivity index (χ0n) is 11.1. The second-order valence-corrected chi connectivity index (χ2v) is 6.54. The van der Waals surface area contributed by atoms with Crippen molar-refractivity contribution in [2.75, 3.05) is 17.2 Å². The predicted molar refractivity (Wildman–Crippen MR) is 79.3 cm³/mol. The summed E-state index contributed by atoms with van der Waals surface area (Å²) in [6.45, 7) is 0.631. The molecule has 0 aromatic heterocycles. The highest BCUT2D eigenvalue weighted by Crippen LogP contribution is 2.36. The minimum absolute atomic E-state index is 0.0534. The summed E-state index contributed by atoms with van der Waals surface area (Å²) in [6, 6.07) is 8.99. The van der Waals surface area contributed by atoms with E-state index in [1.54, 1.807) is 12.1 Å². The number of primary sulfonamides is 1. The number of nitrogen functional groups attached to an aromatic ring is 1. The first-order valence-electron chi connectivity index (χ1n) is 6.34. The maximum atomic E-state index is 13.4. The van der Waals surface area contributed by atoms with Crippen molar-refractivity contribution in [2.45, 2.75) is 11.3 Å². The third-order valence-electron chi connectivity index (χ3n) is 3.50. The summed E-state index contributed by atoms with van der Waals surface area (Å²) in [5.41, 5.74) is 8.37. The van der Waals surface area contributed by atoms with Crippen molar-refractivity contribution in [1.29, 1.82) is 0 Å². The molecule has 0 radical (unpaired) electrons. The van der Waals surface area contributed by atoms with Gasteiger partial charge in [-0.2, -0.15) is 0 Å². The Balaban J connectivity index is 2.12. The molecule has 0 aliphatic carbocycles. The molecule has 5 nitrogen and oxygen atoms in total. The zero-order valence-corrected chi connectivity index (χ0v) is 11.9. The molecule has 1 aliphatic rings. The number of nitrogens with zero attached hydrogens (tertiary/aromatic N) is 1. The summed E-state index contributed by atoms with van der Waals surface area (Å²) < 4.78 is 36.4. The molecule has 1 heterocycles. The first-order valence-corrected chi connectivity index (χ1v) is 7.88. The molecule has 2 aromatic carbocycles. The van der Waals surface area contributed by atoms with Gasteiger partial charge in [0.2, 0.25) is 10.0 Å². The SMILES string of the molecule is Nc1cc(N2CCc3ccc(F)cc32)cc(S(N)(=O)=O)c1. The van der Waals surface area contributed by atoms with Crippen molar-refractivity contribution in [3.8, 4) is 0 Å². The van der Waals surface area contributed by atoms with E-state index >= 15 is 0 Å². The molecule has 0 amide bonds. The van der Waals surface area contributed by atoms with Crippen molar-refractivity contribution in [3.63, 3.8) is 0 Å². The number of hydrogen-bond donors (Lipinski definition) is 2. The number of fused-ring (bicyclic) bond motifs is 1. The molecule has 2 aromatic rings. The topological polar surface area (TPSA) is 89.4 Å². The average Bonchev–Trinajstić information content (AvgIpc) is 2.79. The molecule has 1 aliphatic heterocycles. The van der Waals surface area contributed by atoms with Crippen molar-refractivity contribution in [3.05, 3.63) is 47.8 Å². The summed E-state index contributed by atoms with van der Waals surface area (Å²) in [5, 5.41) is 5.15. The van der Waals surface area contributed by atoms with Crippen molar-refractivity contribution in [2.24, 2.45) is 5.14 Å². The van der Waals surface area contributed by atoms with Gasteiger partial charge in [0.15, 0.2) is 0 Å². The standard InChI is InChI=1S/C14H14FN3O2S/c15-10-2-1-9-3-4-18(14(9)5-10)12-6-11(16)7-13(8-12)21(17,19)20/h1-2,5-8H,3-4,16H2,(H2,17,19,20). The van der Waals surface area contributed by atoms with Crippen LogP contribution in [-0.4, -0.2) is 15.0 Å². The van der Waals surface area contributed by atoms with E-state index in [0.29, 0.717) is 17.9 Å². The minimum Gasteiger partial charge on any atom is -0.399 e. The van der Waals surface area contributed by atoms with Crippen LogP contribution in [0.3, 0.4) is 0 Å². The Labute approximate surface area is 122 Å². The number of sulfonamides is 1. The Hall–Kier alpha value is -2.12. The summed E-state index contributed by atoms with van der Waals surface area (Å²) in [7, 11) is -3.84. The number of nitrogens with two attached hydrogens (primary N) is 2. The van der Waals surface area contributed by atoms with E-state index in [2.05, 4.69) is 0 Å². The monoisotopic (exact) mass is 307 g/mol. The molecule has 0 saturated carbocycles. The lowest BCUT2D eigenvalue weighted by Gasteiger charge is -2.20. The Morgan fingerprint density at radius 2 is 1.90 bits per heavy atom. The minimum atomic E-state index is -3.84. The molecule has 110 valence electrons. The second kappa shape index (κ2) is 4.71. The van der Waals surface area contributed by atoms with Crippen molar-refractivity contribution >= 4 is 27.1 Å². The van der Waals surface area contributed by atoms with E-state index in [-0.39, 0.29) is 10.7 Å². The first-order chi connectivity index (χ1) is 9.84. The van der Waals surface area contributed by atoms with Gasteiger partial charge in [-0.25, -0.2) is 17.9 Å². The molecule has 0 atom stereocenters. The number of hydrogen-bond acceptors (Lipinski definition) is 4. The molecule has 0 spiro atoms. The van der Waals surface area contributed by atoms with E-state index in [1.165, 1.54) is 24.3 Å². The summed E-state index contributed by atoms with van der Waals surface area (Å²) in [6.07, 6.45) is 0.759. The maximum Gasteiger partial charge on any atom is 0.238 e. The van der Waals surface area contributed by atoms with E-state index in [0.717, 1.165) is 17.7 Å². The Morgan fingerprint density at radius 1 is 1.14 bits per heavy atom. The summed E-state index contributed by atoms with van der Waals surface area (Å²) in [5.74, 6) is -0.337. The van der Waals surface area contributed by atoms with Crippen LogP contribution in [0.15, 0.2) is 41.3 Å². The third kappa shape index (κ3) is 2.57. The Bertz CT molecular complexity index is 821. The maximum absolute atomic E-state index is 13.4. The van der Waals surface area contributed by atoms with E-state index in [9.17, 15) is 12.8 Å².